The minimum atomic E-state index is -0.113. The summed E-state index contributed by atoms with van der Waals surface area (Å²) in [7, 11) is 1.92. The molecule has 4 aliphatic carbocycles. The lowest BCUT2D eigenvalue weighted by atomic mass is 9.45. The standard InChI is InChI=1S/C24H34N2O2/c1-23-9-8-20-18(19(23)6-7-22(23)28)5-4-17-11-21(27)16(12-24(17,20)2)10-15-13-25-26(3)14-15/h10,13-14,17-20,22,28H,4-9,11-12H2,1-3H3/b16-10+/t17-,18+,19+,20+,22+,23+,24-/m0/s1. The number of hydrogen-bond donors (Lipinski definition) is 1. The molecule has 0 amide bonds. The molecule has 7 atom stereocenters. The number of aryl methyl sites for hydroxylation is 1. The topological polar surface area (TPSA) is 55.1 Å². The third-order valence-electron chi connectivity index (χ3n) is 9.44. The van der Waals surface area contributed by atoms with Gasteiger partial charge < -0.3 is 5.11 Å². The number of aromatic nitrogens is 2. The fourth-order valence-electron chi connectivity index (χ4n) is 7.83. The predicted octanol–water partition coefficient (Wildman–Crippen LogP) is 4.39. The number of fused-ring (bicyclic) bond motifs is 5. The number of ketones is 1. The lowest BCUT2D eigenvalue weighted by Gasteiger charge is -2.60. The van der Waals surface area contributed by atoms with Crippen LogP contribution in [0.3, 0.4) is 0 Å². The molecule has 28 heavy (non-hydrogen) atoms. The van der Waals surface area contributed by atoms with Crippen LogP contribution < -0.4 is 0 Å². The Bertz CT molecular complexity index is 826. The summed E-state index contributed by atoms with van der Waals surface area (Å²) in [6.07, 6.45) is 14.4. The molecular weight excluding hydrogens is 348 g/mol. The first-order valence-corrected chi connectivity index (χ1v) is 11.2. The van der Waals surface area contributed by atoms with Gasteiger partial charge in [0.2, 0.25) is 0 Å². The van der Waals surface area contributed by atoms with Gasteiger partial charge in [0.1, 0.15) is 0 Å². The van der Waals surface area contributed by atoms with Gasteiger partial charge in [-0.1, -0.05) is 13.8 Å². The number of carbonyl (C=O) groups is 1. The van der Waals surface area contributed by atoms with E-state index in [1.807, 2.05) is 19.4 Å². The van der Waals surface area contributed by atoms with Gasteiger partial charge >= 0.3 is 0 Å². The molecule has 152 valence electrons. The zero-order chi connectivity index (χ0) is 19.7. The number of aliphatic hydroxyl groups excluding tert-OH is 1. The third kappa shape index (κ3) is 2.59. The molecule has 1 aromatic rings. The summed E-state index contributed by atoms with van der Waals surface area (Å²) in [6, 6.07) is 0. The van der Waals surface area contributed by atoms with E-state index in [-0.39, 0.29) is 16.9 Å². The Hall–Kier alpha value is -1.42. The van der Waals surface area contributed by atoms with Crippen LogP contribution in [0.4, 0.5) is 0 Å². The largest absolute Gasteiger partial charge is 0.393 e. The van der Waals surface area contributed by atoms with Gasteiger partial charge in [0.05, 0.1) is 12.3 Å². The summed E-state index contributed by atoms with van der Waals surface area (Å²) in [5.74, 6) is 2.97. The van der Waals surface area contributed by atoms with Crippen molar-refractivity contribution >= 4 is 11.9 Å². The van der Waals surface area contributed by atoms with Gasteiger partial charge in [0.15, 0.2) is 5.78 Å². The number of Topliss-reactive ketones (excluding diaryl/α,β-unsaturated/α-hetero) is 1. The van der Waals surface area contributed by atoms with E-state index in [4.69, 9.17) is 0 Å². The lowest BCUT2D eigenvalue weighted by molar-refractivity contribution is -0.134. The van der Waals surface area contributed by atoms with Gasteiger partial charge in [-0.25, -0.2) is 0 Å². The minimum absolute atomic E-state index is 0.113. The number of carbonyl (C=O) groups excluding carboxylic acids is 1. The average Bonchev–Trinajstić information content (AvgIpc) is 3.19. The number of hydrogen-bond acceptors (Lipinski definition) is 3. The molecule has 1 N–H and O–H groups in total. The second kappa shape index (κ2) is 6.29. The Balaban J connectivity index is 1.46. The Morgan fingerprint density at radius 1 is 1.14 bits per heavy atom. The van der Waals surface area contributed by atoms with Gasteiger partial charge in [-0.2, -0.15) is 5.10 Å². The first-order chi connectivity index (χ1) is 13.3. The van der Waals surface area contributed by atoms with Crippen LogP contribution in [0, 0.1) is 34.5 Å². The normalized spacial score (nSPS) is 46.9. The van der Waals surface area contributed by atoms with Gasteiger partial charge in [0, 0.05) is 25.2 Å². The van der Waals surface area contributed by atoms with E-state index in [1.54, 1.807) is 4.68 Å². The highest BCUT2D eigenvalue weighted by atomic mass is 16.3. The zero-order valence-electron chi connectivity index (χ0n) is 17.5. The van der Waals surface area contributed by atoms with Crippen LogP contribution in [0.5, 0.6) is 0 Å². The number of nitrogens with zero attached hydrogens (tertiary/aromatic N) is 2. The molecular formula is C24H34N2O2. The van der Waals surface area contributed by atoms with Crippen molar-refractivity contribution in [3.8, 4) is 0 Å². The highest BCUT2D eigenvalue weighted by molar-refractivity contribution is 6.00. The van der Waals surface area contributed by atoms with Gasteiger partial charge in [-0.05, 0) is 91.1 Å². The molecule has 4 heteroatoms. The van der Waals surface area contributed by atoms with Crippen LogP contribution in [0.25, 0.3) is 6.08 Å². The third-order valence-corrected chi connectivity index (χ3v) is 9.44. The number of allylic oxidation sites excluding steroid dienone is 1. The SMILES string of the molecule is Cn1cc(/C=C2\C[C@@]3(C)[C@@H](CC[C@H]4[C@H]3CC[C@@]3(C)[C@H](O)CC[C@H]43)CC2=O)cn1. The van der Waals surface area contributed by atoms with Crippen molar-refractivity contribution in [2.24, 2.45) is 41.5 Å². The molecule has 4 fully saturated rings. The lowest BCUT2D eigenvalue weighted by Crippen LogP contribution is -2.54. The van der Waals surface area contributed by atoms with Crippen LogP contribution in [0.1, 0.15) is 70.8 Å². The number of aliphatic hydroxyl groups is 1. The van der Waals surface area contributed by atoms with Gasteiger partial charge in [-0.3, -0.25) is 9.48 Å². The molecule has 1 heterocycles. The summed E-state index contributed by atoms with van der Waals surface area (Å²) < 4.78 is 1.80. The highest BCUT2D eigenvalue weighted by Crippen LogP contribution is 2.66. The van der Waals surface area contributed by atoms with Crippen molar-refractivity contribution in [1.29, 1.82) is 0 Å². The van der Waals surface area contributed by atoms with Crippen molar-refractivity contribution in [2.45, 2.75) is 71.3 Å². The molecule has 0 spiro atoms. The summed E-state index contributed by atoms with van der Waals surface area (Å²) in [5.41, 5.74) is 2.39. The van der Waals surface area contributed by atoms with Crippen molar-refractivity contribution in [2.75, 3.05) is 0 Å². The van der Waals surface area contributed by atoms with E-state index in [0.29, 0.717) is 23.5 Å². The molecule has 0 saturated heterocycles. The molecule has 0 radical (unpaired) electrons. The molecule has 4 nitrogen and oxygen atoms in total. The Kier molecular flexibility index (Phi) is 4.18. The molecule has 0 aliphatic heterocycles. The van der Waals surface area contributed by atoms with Crippen molar-refractivity contribution in [3.63, 3.8) is 0 Å². The summed E-state index contributed by atoms with van der Waals surface area (Å²) in [5, 5.41) is 14.9. The quantitative estimate of drug-likeness (QED) is 0.733. The molecule has 1 aromatic heterocycles. The summed E-state index contributed by atoms with van der Waals surface area (Å²) in [6.45, 7) is 4.82. The van der Waals surface area contributed by atoms with E-state index in [9.17, 15) is 9.90 Å². The maximum atomic E-state index is 12.9. The van der Waals surface area contributed by atoms with Crippen LogP contribution in [0.2, 0.25) is 0 Å². The molecule has 5 rings (SSSR count). The van der Waals surface area contributed by atoms with Crippen molar-refractivity contribution in [3.05, 3.63) is 23.5 Å². The second-order valence-electron chi connectivity index (χ2n) is 10.7. The van der Waals surface area contributed by atoms with Crippen LogP contribution in [-0.4, -0.2) is 26.8 Å². The van der Waals surface area contributed by atoms with E-state index < -0.39 is 0 Å². The number of rotatable bonds is 1. The molecule has 0 unspecified atom stereocenters. The van der Waals surface area contributed by atoms with Crippen molar-refractivity contribution < 1.29 is 9.90 Å². The molecule has 4 saturated carbocycles. The first-order valence-electron chi connectivity index (χ1n) is 11.2. The minimum Gasteiger partial charge on any atom is -0.393 e. The Morgan fingerprint density at radius 3 is 2.68 bits per heavy atom. The average molecular weight is 383 g/mol. The maximum Gasteiger partial charge on any atom is 0.159 e. The monoisotopic (exact) mass is 382 g/mol. The molecule has 0 bridgehead atoms. The first kappa shape index (κ1) is 18.6. The predicted molar refractivity (Wildman–Crippen MR) is 109 cm³/mol. The van der Waals surface area contributed by atoms with Crippen molar-refractivity contribution in [1.82, 2.24) is 9.78 Å². The second-order valence-corrected chi connectivity index (χ2v) is 10.7. The fourth-order valence-corrected chi connectivity index (χ4v) is 7.83. The Labute approximate surface area is 168 Å². The fraction of sp³-hybridized carbons (Fsp3) is 0.750. The Morgan fingerprint density at radius 2 is 1.93 bits per heavy atom. The summed E-state index contributed by atoms with van der Waals surface area (Å²) in [4.78, 5) is 12.9. The van der Waals surface area contributed by atoms with Gasteiger partial charge in [-0.15, -0.1) is 0 Å². The van der Waals surface area contributed by atoms with E-state index in [1.165, 1.54) is 25.7 Å². The van der Waals surface area contributed by atoms with E-state index >= 15 is 0 Å². The molecule has 0 aromatic carbocycles. The molecule has 4 aliphatic rings. The van der Waals surface area contributed by atoms with Crippen LogP contribution in [-0.2, 0) is 11.8 Å². The van der Waals surface area contributed by atoms with Crippen LogP contribution >= 0.6 is 0 Å². The highest BCUT2D eigenvalue weighted by Gasteiger charge is 2.60. The van der Waals surface area contributed by atoms with Crippen LogP contribution in [0.15, 0.2) is 18.0 Å². The van der Waals surface area contributed by atoms with E-state index in [2.05, 4.69) is 25.0 Å². The summed E-state index contributed by atoms with van der Waals surface area (Å²) >= 11 is 0. The van der Waals surface area contributed by atoms with E-state index in [0.717, 1.165) is 42.7 Å². The zero-order valence-corrected chi connectivity index (χ0v) is 17.5. The smallest absolute Gasteiger partial charge is 0.159 e. The maximum absolute atomic E-state index is 12.9. The van der Waals surface area contributed by atoms with Gasteiger partial charge in [0.25, 0.3) is 0 Å².